The third-order valence-corrected chi connectivity index (χ3v) is 5.62. The van der Waals surface area contributed by atoms with Crippen molar-refractivity contribution in [2.75, 3.05) is 23.9 Å². The number of aryl methyl sites for hydroxylation is 1. The van der Waals surface area contributed by atoms with Gasteiger partial charge in [-0.3, -0.25) is 9.59 Å². The molecule has 2 heterocycles. The highest BCUT2D eigenvalue weighted by atomic mass is 16.5. The monoisotopic (exact) mass is 403 g/mol. The van der Waals surface area contributed by atoms with Gasteiger partial charge in [0.25, 0.3) is 5.91 Å². The Morgan fingerprint density at radius 2 is 1.77 bits per heavy atom. The van der Waals surface area contributed by atoms with Gasteiger partial charge in [-0.15, -0.1) is 0 Å². The average Bonchev–Trinajstić information content (AvgIpc) is 3.28. The molecule has 0 atom stereocenters. The summed E-state index contributed by atoms with van der Waals surface area (Å²) in [7, 11) is 1.64. The maximum atomic E-state index is 13.0. The Morgan fingerprint density at radius 3 is 2.43 bits per heavy atom. The van der Waals surface area contributed by atoms with Gasteiger partial charge in [-0.25, -0.2) is 0 Å². The van der Waals surface area contributed by atoms with Gasteiger partial charge in [-0.2, -0.15) is 0 Å². The van der Waals surface area contributed by atoms with Gasteiger partial charge in [0.15, 0.2) is 0 Å². The summed E-state index contributed by atoms with van der Waals surface area (Å²) in [6.45, 7) is 6.19. The molecule has 154 valence electrons. The van der Waals surface area contributed by atoms with Crippen molar-refractivity contribution >= 4 is 23.2 Å². The second-order valence-electron chi connectivity index (χ2n) is 7.54. The number of fused-ring (bicyclic) bond motifs is 1. The lowest BCUT2D eigenvalue weighted by Gasteiger charge is -2.15. The van der Waals surface area contributed by atoms with Crippen LogP contribution >= 0.6 is 0 Å². The summed E-state index contributed by atoms with van der Waals surface area (Å²) in [5, 5.41) is 3.01. The van der Waals surface area contributed by atoms with Gasteiger partial charge in [-0.05, 0) is 74.4 Å². The minimum Gasteiger partial charge on any atom is -0.497 e. The molecule has 0 aliphatic carbocycles. The molecular formula is C24H25N3O3. The molecule has 3 aromatic rings. The minimum atomic E-state index is -0.149. The van der Waals surface area contributed by atoms with E-state index in [9.17, 15) is 9.59 Å². The molecule has 0 spiro atoms. The number of rotatable bonds is 4. The molecule has 0 saturated heterocycles. The number of benzene rings is 2. The van der Waals surface area contributed by atoms with Crippen molar-refractivity contribution in [3.8, 4) is 11.4 Å². The maximum Gasteiger partial charge on any atom is 0.257 e. The van der Waals surface area contributed by atoms with Crippen LogP contribution in [0.2, 0.25) is 0 Å². The highest BCUT2D eigenvalue weighted by Gasteiger charge is 2.23. The van der Waals surface area contributed by atoms with Gasteiger partial charge in [0.1, 0.15) is 5.75 Å². The number of nitrogens with one attached hydrogen (secondary N) is 1. The molecule has 0 fully saturated rings. The number of amides is 2. The zero-order valence-electron chi connectivity index (χ0n) is 17.7. The quantitative estimate of drug-likeness (QED) is 0.708. The van der Waals surface area contributed by atoms with E-state index < -0.39 is 0 Å². The van der Waals surface area contributed by atoms with Crippen molar-refractivity contribution in [1.29, 1.82) is 0 Å². The smallest absolute Gasteiger partial charge is 0.257 e. The minimum absolute atomic E-state index is 0.0384. The van der Waals surface area contributed by atoms with Gasteiger partial charge in [0, 0.05) is 41.9 Å². The SMILES string of the molecule is COc1ccc(-n2c(C)cc(C(=O)Nc3ccc4c(c3)CCN4C(C)=O)c2C)cc1. The Hall–Kier alpha value is -3.54. The molecule has 0 bridgehead atoms. The maximum absolute atomic E-state index is 13.0. The lowest BCUT2D eigenvalue weighted by Crippen LogP contribution is -2.25. The van der Waals surface area contributed by atoms with Gasteiger partial charge in [-0.1, -0.05) is 0 Å². The first-order valence-corrected chi connectivity index (χ1v) is 9.95. The van der Waals surface area contributed by atoms with Crippen LogP contribution in [-0.2, 0) is 11.2 Å². The molecule has 2 amide bonds. The zero-order valence-corrected chi connectivity index (χ0v) is 17.7. The van der Waals surface area contributed by atoms with Crippen molar-refractivity contribution in [2.24, 2.45) is 0 Å². The summed E-state index contributed by atoms with van der Waals surface area (Å²) in [5.41, 5.74) is 6.21. The first-order chi connectivity index (χ1) is 14.4. The number of carbonyl (C=O) groups is 2. The lowest BCUT2D eigenvalue weighted by molar-refractivity contribution is -0.116. The Kier molecular flexibility index (Phi) is 5.08. The van der Waals surface area contributed by atoms with E-state index in [1.165, 1.54) is 0 Å². The lowest BCUT2D eigenvalue weighted by atomic mass is 10.1. The van der Waals surface area contributed by atoms with Gasteiger partial charge in [0.2, 0.25) is 5.91 Å². The number of ether oxygens (including phenoxy) is 1. The molecule has 0 radical (unpaired) electrons. The summed E-state index contributed by atoms with van der Waals surface area (Å²) in [4.78, 5) is 26.5. The fraction of sp³-hybridized carbons (Fsp3) is 0.250. The second kappa shape index (κ2) is 7.71. The van der Waals surface area contributed by atoms with Crippen LogP contribution in [0, 0.1) is 13.8 Å². The largest absolute Gasteiger partial charge is 0.497 e. The molecule has 1 aromatic heterocycles. The van der Waals surface area contributed by atoms with E-state index in [1.807, 2.05) is 62.4 Å². The molecule has 6 heteroatoms. The van der Waals surface area contributed by atoms with E-state index in [-0.39, 0.29) is 11.8 Å². The topological polar surface area (TPSA) is 63.6 Å². The van der Waals surface area contributed by atoms with Crippen LogP contribution < -0.4 is 15.0 Å². The average molecular weight is 403 g/mol. The Balaban J connectivity index is 1.58. The van der Waals surface area contributed by atoms with E-state index >= 15 is 0 Å². The van der Waals surface area contributed by atoms with Crippen LogP contribution in [0.15, 0.2) is 48.5 Å². The number of hydrogen-bond acceptors (Lipinski definition) is 3. The standard InChI is InChI=1S/C24H25N3O3/c1-15-13-22(16(2)27(15)20-6-8-21(30-4)9-7-20)24(29)25-19-5-10-23-18(14-19)11-12-26(23)17(3)28/h5-10,13-14H,11-12H2,1-4H3,(H,25,29). The van der Waals surface area contributed by atoms with Crippen LogP contribution in [-0.4, -0.2) is 30.0 Å². The molecule has 1 N–H and O–H groups in total. The normalized spacial score (nSPS) is 12.6. The number of aromatic nitrogens is 1. The van der Waals surface area contributed by atoms with Crippen LogP contribution in [0.3, 0.4) is 0 Å². The highest BCUT2D eigenvalue weighted by molar-refractivity contribution is 6.05. The van der Waals surface area contributed by atoms with E-state index in [2.05, 4.69) is 9.88 Å². The molecule has 6 nitrogen and oxygen atoms in total. The van der Waals surface area contributed by atoms with Crippen molar-refractivity contribution in [1.82, 2.24) is 4.57 Å². The van der Waals surface area contributed by atoms with Crippen LogP contribution in [0.1, 0.15) is 34.2 Å². The molecule has 0 unspecified atom stereocenters. The summed E-state index contributed by atoms with van der Waals surface area (Å²) in [5.74, 6) is 0.680. The van der Waals surface area contributed by atoms with Gasteiger partial charge < -0.3 is 19.5 Å². The number of methoxy groups -OCH3 is 1. The third kappa shape index (κ3) is 3.45. The fourth-order valence-corrected chi connectivity index (χ4v) is 4.13. The number of hydrogen-bond donors (Lipinski definition) is 1. The third-order valence-electron chi connectivity index (χ3n) is 5.62. The van der Waals surface area contributed by atoms with Crippen molar-refractivity contribution in [3.05, 3.63) is 71.0 Å². The first-order valence-electron chi connectivity index (χ1n) is 9.95. The molecule has 4 rings (SSSR count). The summed E-state index contributed by atoms with van der Waals surface area (Å²) < 4.78 is 7.29. The van der Waals surface area contributed by atoms with Crippen molar-refractivity contribution < 1.29 is 14.3 Å². The molecule has 1 aliphatic rings. The van der Waals surface area contributed by atoms with Crippen molar-refractivity contribution in [2.45, 2.75) is 27.2 Å². The number of carbonyl (C=O) groups excluding carboxylic acids is 2. The number of anilines is 2. The van der Waals surface area contributed by atoms with Gasteiger partial charge in [0.05, 0.1) is 12.7 Å². The Bertz CT molecular complexity index is 1130. The van der Waals surface area contributed by atoms with Crippen LogP contribution in [0.5, 0.6) is 5.75 Å². The molecule has 2 aromatic carbocycles. The predicted octanol–water partition coefficient (Wildman–Crippen LogP) is 4.26. The van der Waals surface area contributed by atoms with E-state index in [0.717, 1.165) is 46.2 Å². The Labute approximate surface area is 176 Å². The van der Waals surface area contributed by atoms with E-state index in [1.54, 1.807) is 18.9 Å². The molecular weight excluding hydrogens is 378 g/mol. The molecule has 1 aliphatic heterocycles. The molecule has 30 heavy (non-hydrogen) atoms. The summed E-state index contributed by atoms with van der Waals surface area (Å²) in [6.07, 6.45) is 0.796. The molecule has 0 saturated carbocycles. The highest BCUT2D eigenvalue weighted by Crippen LogP contribution is 2.31. The van der Waals surface area contributed by atoms with Crippen LogP contribution in [0.25, 0.3) is 5.69 Å². The predicted molar refractivity (Wildman–Crippen MR) is 118 cm³/mol. The summed E-state index contributed by atoms with van der Waals surface area (Å²) >= 11 is 0. The number of nitrogens with zero attached hydrogens (tertiary/aromatic N) is 2. The first kappa shape index (κ1) is 19.8. The zero-order chi connectivity index (χ0) is 21.4. The summed E-state index contributed by atoms with van der Waals surface area (Å²) in [6, 6.07) is 15.4. The van der Waals surface area contributed by atoms with E-state index in [0.29, 0.717) is 12.1 Å². The fourth-order valence-electron chi connectivity index (χ4n) is 4.13. The van der Waals surface area contributed by atoms with Crippen LogP contribution in [0.4, 0.5) is 11.4 Å². The Morgan fingerprint density at radius 1 is 1.03 bits per heavy atom. The van der Waals surface area contributed by atoms with Crippen molar-refractivity contribution in [3.63, 3.8) is 0 Å². The van der Waals surface area contributed by atoms with Gasteiger partial charge >= 0.3 is 0 Å². The van der Waals surface area contributed by atoms with E-state index in [4.69, 9.17) is 4.74 Å². The second-order valence-corrected chi connectivity index (χ2v) is 7.54.